The summed E-state index contributed by atoms with van der Waals surface area (Å²) in [6, 6.07) is 25.2. The fraction of sp³-hybridized carbons (Fsp3) is 0.143. The van der Waals surface area contributed by atoms with Crippen LogP contribution < -0.4 is 5.56 Å². The van der Waals surface area contributed by atoms with Crippen LogP contribution in [0.4, 0.5) is 0 Å². The first-order valence-corrected chi connectivity index (χ1v) is 12.2. The molecule has 0 saturated heterocycles. The Kier molecular flexibility index (Phi) is 6.50. The van der Waals surface area contributed by atoms with E-state index < -0.39 is 0 Å². The van der Waals surface area contributed by atoms with Crippen molar-refractivity contribution in [3.8, 4) is 10.6 Å². The molecule has 3 aromatic carbocycles. The third kappa shape index (κ3) is 5.36. The molecule has 0 aliphatic carbocycles. The largest absolute Gasteiger partial charge is 0.331 e. The van der Waals surface area contributed by atoms with Crippen molar-refractivity contribution in [1.29, 1.82) is 0 Å². The maximum absolute atomic E-state index is 13.4. The Morgan fingerprint density at radius 1 is 0.943 bits per heavy atom. The molecule has 2 aromatic heterocycles. The van der Waals surface area contributed by atoms with Crippen molar-refractivity contribution in [2.45, 2.75) is 26.4 Å². The highest BCUT2D eigenvalue weighted by molar-refractivity contribution is 7.13. The van der Waals surface area contributed by atoms with Gasteiger partial charge in [0.1, 0.15) is 10.8 Å². The number of rotatable bonds is 7. The maximum Gasteiger partial charge on any atom is 0.258 e. The number of amides is 1. The van der Waals surface area contributed by atoms with Crippen LogP contribution in [0.5, 0.6) is 0 Å². The highest BCUT2D eigenvalue weighted by Gasteiger charge is 2.19. The first-order chi connectivity index (χ1) is 17.0. The van der Waals surface area contributed by atoms with Gasteiger partial charge in [0.05, 0.1) is 29.6 Å². The summed E-state index contributed by atoms with van der Waals surface area (Å²) in [7, 11) is 0. The number of nitrogens with zero attached hydrogens (tertiary/aromatic N) is 3. The Bertz CT molecular complexity index is 1540. The van der Waals surface area contributed by atoms with Crippen molar-refractivity contribution in [1.82, 2.24) is 19.9 Å². The lowest BCUT2D eigenvalue weighted by Gasteiger charge is -2.22. The predicted octanol–water partition coefficient (Wildman–Crippen LogP) is 5.13. The third-order valence-electron chi connectivity index (χ3n) is 5.72. The maximum atomic E-state index is 13.4. The number of carbonyl (C=O) groups excluding carboxylic acids is 1. The molecule has 0 aliphatic heterocycles. The third-order valence-corrected chi connectivity index (χ3v) is 6.66. The molecule has 0 unspecified atom stereocenters. The highest BCUT2D eigenvalue weighted by Crippen LogP contribution is 2.25. The van der Waals surface area contributed by atoms with Crippen LogP contribution in [0.25, 0.3) is 21.5 Å². The minimum absolute atomic E-state index is 0.0780. The molecule has 35 heavy (non-hydrogen) atoms. The van der Waals surface area contributed by atoms with Gasteiger partial charge in [0.15, 0.2) is 0 Å². The van der Waals surface area contributed by atoms with E-state index in [1.807, 2.05) is 73.0 Å². The van der Waals surface area contributed by atoms with Crippen LogP contribution in [0.2, 0.25) is 0 Å². The predicted molar refractivity (Wildman–Crippen MR) is 139 cm³/mol. The van der Waals surface area contributed by atoms with E-state index in [2.05, 4.69) is 16.0 Å². The lowest BCUT2D eigenvalue weighted by Crippen LogP contribution is -2.33. The quantitative estimate of drug-likeness (QED) is 0.350. The molecule has 2 heterocycles. The van der Waals surface area contributed by atoms with E-state index in [0.717, 1.165) is 21.8 Å². The van der Waals surface area contributed by atoms with E-state index in [1.165, 1.54) is 16.9 Å². The van der Waals surface area contributed by atoms with Gasteiger partial charge < -0.3 is 9.88 Å². The number of aromatic nitrogens is 3. The van der Waals surface area contributed by atoms with Gasteiger partial charge in [0, 0.05) is 17.5 Å². The highest BCUT2D eigenvalue weighted by atomic mass is 32.1. The van der Waals surface area contributed by atoms with Gasteiger partial charge in [-0.05, 0) is 30.7 Å². The lowest BCUT2D eigenvalue weighted by molar-refractivity contribution is -0.131. The molecule has 174 valence electrons. The Morgan fingerprint density at radius 3 is 2.57 bits per heavy atom. The number of hydrogen-bond acceptors (Lipinski definition) is 5. The number of para-hydroxylation sites is 1. The molecule has 6 nitrogen and oxygen atoms in total. The first kappa shape index (κ1) is 22.7. The molecule has 7 heteroatoms. The second kappa shape index (κ2) is 10.0. The Hall–Kier alpha value is -4.10. The van der Waals surface area contributed by atoms with Gasteiger partial charge in [-0.3, -0.25) is 9.59 Å². The standard InChI is InChI=1S/C28H24N4O2S/c1-19-8-7-11-21(14-19)28-29-22(18-35-28)15-26(33)32(16-20-9-3-2-4-10-20)17-25-30-24-13-6-5-12-23(24)27(34)31-25/h2-14,18H,15-17H2,1H3,(H,30,31,34). The van der Waals surface area contributed by atoms with Gasteiger partial charge in [-0.15, -0.1) is 11.3 Å². The van der Waals surface area contributed by atoms with Crippen LogP contribution in [-0.4, -0.2) is 25.8 Å². The number of nitrogens with one attached hydrogen (secondary N) is 1. The molecule has 0 bridgehead atoms. The summed E-state index contributed by atoms with van der Waals surface area (Å²) >= 11 is 1.53. The number of aryl methyl sites for hydroxylation is 1. The Labute approximate surface area is 206 Å². The van der Waals surface area contributed by atoms with Gasteiger partial charge >= 0.3 is 0 Å². The van der Waals surface area contributed by atoms with E-state index in [9.17, 15) is 9.59 Å². The zero-order valence-electron chi connectivity index (χ0n) is 19.3. The lowest BCUT2D eigenvalue weighted by atomic mass is 10.1. The number of aromatic amines is 1. The summed E-state index contributed by atoms with van der Waals surface area (Å²) in [5, 5.41) is 3.36. The average Bonchev–Trinajstić information content (AvgIpc) is 3.33. The van der Waals surface area contributed by atoms with Crippen LogP contribution in [-0.2, 0) is 24.3 Å². The SMILES string of the molecule is Cc1cccc(-c2nc(CC(=O)N(Cc3ccccc3)Cc3nc4ccccc4c(=O)[nH]3)cs2)c1. The second-order valence-corrected chi connectivity index (χ2v) is 9.31. The van der Waals surface area contributed by atoms with Crippen LogP contribution in [0.1, 0.15) is 22.6 Å². The average molecular weight is 481 g/mol. The van der Waals surface area contributed by atoms with E-state index >= 15 is 0 Å². The monoisotopic (exact) mass is 480 g/mol. The molecule has 0 spiro atoms. The van der Waals surface area contributed by atoms with Crippen LogP contribution >= 0.6 is 11.3 Å². The molecule has 0 radical (unpaired) electrons. The van der Waals surface area contributed by atoms with Crippen molar-refractivity contribution >= 4 is 28.1 Å². The Morgan fingerprint density at radius 2 is 1.74 bits per heavy atom. The minimum Gasteiger partial charge on any atom is -0.331 e. The molecule has 0 aliphatic rings. The van der Waals surface area contributed by atoms with Gasteiger partial charge in [-0.25, -0.2) is 9.97 Å². The number of H-pyrrole nitrogens is 1. The molecular formula is C28H24N4O2S. The molecule has 1 N–H and O–H groups in total. The molecule has 0 atom stereocenters. The molecule has 1 amide bonds. The number of hydrogen-bond donors (Lipinski definition) is 1. The second-order valence-electron chi connectivity index (χ2n) is 8.46. The smallest absolute Gasteiger partial charge is 0.258 e. The fourth-order valence-corrected chi connectivity index (χ4v) is 4.81. The van der Waals surface area contributed by atoms with Gasteiger partial charge in [-0.1, -0.05) is 66.2 Å². The van der Waals surface area contributed by atoms with Crippen molar-refractivity contribution in [2.75, 3.05) is 0 Å². The fourth-order valence-electron chi connectivity index (χ4n) is 3.99. The van der Waals surface area contributed by atoms with Crippen molar-refractivity contribution < 1.29 is 4.79 Å². The van der Waals surface area contributed by atoms with Crippen molar-refractivity contribution in [2.24, 2.45) is 0 Å². The van der Waals surface area contributed by atoms with E-state index in [1.54, 1.807) is 17.0 Å². The topological polar surface area (TPSA) is 79.0 Å². The summed E-state index contributed by atoms with van der Waals surface area (Å²) in [6.45, 7) is 2.65. The molecule has 0 saturated carbocycles. The van der Waals surface area contributed by atoms with E-state index in [0.29, 0.717) is 23.3 Å². The number of fused-ring (bicyclic) bond motifs is 1. The number of carbonyl (C=O) groups is 1. The zero-order chi connectivity index (χ0) is 24.2. The van der Waals surface area contributed by atoms with Gasteiger partial charge in [0.25, 0.3) is 5.56 Å². The zero-order valence-corrected chi connectivity index (χ0v) is 20.1. The summed E-state index contributed by atoms with van der Waals surface area (Å²) in [5.74, 6) is 0.377. The molecule has 0 fully saturated rings. The first-order valence-electron chi connectivity index (χ1n) is 11.4. The normalized spacial score (nSPS) is 11.0. The van der Waals surface area contributed by atoms with Crippen LogP contribution in [0, 0.1) is 6.92 Å². The summed E-state index contributed by atoms with van der Waals surface area (Å²) in [6.07, 6.45) is 0.174. The van der Waals surface area contributed by atoms with E-state index in [-0.39, 0.29) is 24.4 Å². The summed E-state index contributed by atoms with van der Waals surface area (Å²) in [5.41, 5.74) is 4.35. The van der Waals surface area contributed by atoms with Crippen LogP contribution in [0.15, 0.2) is 89.0 Å². The van der Waals surface area contributed by atoms with Crippen LogP contribution in [0.3, 0.4) is 0 Å². The van der Waals surface area contributed by atoms with E-state index in [4.69, 9.17) is 4.98 Å². The van der Waals surface area contributed by atoms with Crippen molar-refractivity contribution in [3.63, 3.8) is 0 Å². The summed E-state index contributed by atoms with van der Waals surface area (Å²) in [4.78, 5) is 39.9. The number of benzene rings is 3. The minimum atomic E-state index is -0.208. The molecule has 5 rings (SSSR count). The van der Waals surface area contributed by atoms with Crippen molar-refractivity contribution in [3.05, 3.63) is 117 Å². The molecular weight excluding hydrogens is 456 g/mol. The molecule has 5 aromatic rings. The number of thiazole rings is 1. The van der Waals surface area contributed by atoms with Gasteiger partial charge in [0.2, 0.25) is 5.91 Å². The van der Waals surface area contributed by atoms with Gasteiger partial charge in [-0.2, -0.15) is 0 Å². The summed E-state index contributed by atoms with van der Waals surface area (Å²) < 4.78 is 0. The Balaban J connectivity index is 1.40.